The monoisotopic (exact) mass is 293 g/mol. The van der Waals surface area contributed by atoms with Gasteiger partial charge in [-0.15, -0.1) is 0 Å². The fourth-order valence-corrected chi connectivity index (χ4v) is 5.04. The average Bonchev–Trinajstić information content (AvgIpc) is 2.40. The average molecular weight is 293 g/mol. The molecular weight excluding hydrogens is 266 g/mol. The molecule has 0 aromatic heterocycles. The molecule has 3 heteroatoms. The number of hydrogen-bond donors (Lipinski definition) is 1. The molecule has 1 aromatic rings. The molecule has 4 unspecified atom stereocenters. The van der Waals surface area contributed by atoms with E-state index in [0.717, 1.165) is 13.0 Å². The van der Waals surface area contributed by atoms with Crippen molar-refractivity contribution in [1.29, 1.82) is 0 Å². The smallest absolute Gasteiger partial charge is 0.0554 e. The van der Waals surface area contributed by atoms with Crippen LogP contribution in [0.3, 0.4) is 0 Å². The summed E-state index contributed by atoms with van der Waals surface area (Å²) in [5, 5.41) is 3.77. The molecule has 0 bridgehead atoms. The highest BCUT2D eigenvalue weighted by Gasteiger charge is 2.39. The van der Waals surface area contributed by atoms with Crippen LogP contribution in [0.5, 0.6) is 0 Å². The molecule has 0 radical (unpaired) electrons. The first-order chi connectivity index (χ1) is 9.36. The molecule has 112 valence electrons. The minimum absolute atomic E-state index is 0.162. The molecule has 0 saturated carbocycles. The molecule has 0 saturated heterocycles. The molecule has 1 N–H and O–H groups in total. The second kappa shape index (κ2) is 5.98. The van der Waals surface area contributed by atoms with E-state index in [0.29, 0.717) is 5.92 Å². The molecule has 20 heavy (non-hydrogen) atoms. The minimum atomic E-state index is -0.846. The Morgan fingerprint density at radius 1 is 1.25 bits per heavy atom. The molecule has 2 rings (SSSR count). The molecule has 1 aromatic carbocycles. The maximum absolute atomic E-state index is 12.9. The molecule has 0 fully saturated rings. The van der Waals surface area contributed by atoms with Crippen molar-refractivity contribution in [3.63, 3.8) is 0 Å². The van der Waals surface area contributed by atoms with Gasteiger partial charge < -0.3 is 5.32 Å². The Labute approximate surface area is 125 Å². The molecule has 0 spiro atoms. The zero-order valence-corrected chi connectivity index (χ0v) is 14.1. The van der Waals surface area contributed by atoms with E-state index in [1.54, 1.807) is 0 Å². The van der Waals surface area contributed by atoms with Gasteiger partial charge in [0.15, 0.2) is 0 Å². The Bertz CT molecular complexity index is 492. The number of fused-ring (bicyclic) bond motifs is 1. The van der Waals surface area contributed by atoms with Crippen LogP contribution in [0.1, 0.15) is 64.1 Å². The zero-order chi connectivity index (χ0) is 14.9. The Hall–Kier alpha value is -0.670. The summed E-state index contributed by atoms with van der Waals surface area (Å²) in [4.78, 5) is 0. The third-order valence-electron chi connectivity index (χ3n) is 4.12. The van der Waals surface area contributed by atoms with Gasteiger partial charge in [0.05, 0.1) is 5.25 Å². The SMILES string of the molecule is CCNC1c2ccccc2C(C)CC1S(=O)C(C)(C)C. The number of nitrogens with one attached hydrogen (secondary N) is 1. The van der Waals surface area contributed by atoms with E-state index in [1.807, 2.05) is 0 Å². The van der Waals surface area contributed by atoms with Crippen molar-refractivity contribution in [3.05, 3.63) is 35.4 Å². The molecule has 1 aliphatic rings. The van der Waals surface area contributed by atoms with Gasteiger partial charge in [0, 0.05) is 21.6 Å². The van der Waals surface area contributed by atoms with Crippen molar-refractivity contribution in [2.24, 2.45) is 0 Å². The van der Waals surface area contributed by atoms with Crippen molar-refractivity contribution in [2.45, 2.75) is 63.0 Å². The third kappa shape index (κ3) is 2.99. The predicted molar refractivity (Wildman–Crippen MR) is 87.6 cm³/mol. The van der Waals surface area contributed by atoms with Crippen LogP contribution in [0.25, 0.3) is 0 Å². The minimum Gasteiger partial charge on any atom is -0.309 e. The maximum Gasteiger partial charge on any atom is 0.0554 e. The molecule has 0 amide bonds. The predicted octanol–water partition coefficient (Wildman–Crippen LogP) is 3.76. The Morgan fingerprint density at radius 3 is 2.40 bits per heavy atom. The van der Waals surface area contributed by atoms with Gasteiger partial charge in [-0.05, 0) is 50.8 Å². The van der Waals surface area contributed by atoms with E-state index in [9.17, 15) is 4.21 Å². The third-order valence-corrected chi connectivity index (χ3v) is 6.34. The molecule has 2 nitrogen and oxygen atoms in total. The van der Waals surface area contributed by atoms with Gasteiger partial charge in [-0.1, -0.05) is 38.1 Å². The molecule has 4 atom stereocenters. The van der Waals surface area contributed by atoms with Gasteiger partial charge in [-0.2, -0.15) is 0 Å². The van der Waals surface area contributed by atoms with Crippen LogP contribution < -0.4 is 5.32 Å². The first-order valence-electron chi connectivity index (χ1n) is 7.59. The van der Waals surface area contributed by atoms with E-state index in [1.165, 1.54) is 11.1 Å². The van der Waals surface area contributed by atoms with Crippen LogP contribution in [0.15, 0.2) is 24.3 Å². The molecule has 0 heterocycles. The van der Waals surface area contributed by atoms with E-state index in [4.69, 9.17) is 0 Å². The van der Waals surface area contributed by atoms with Crippen LogP contribution >= 0.6 is 0 Å². The first kappa shape index (κ1) is 15.7. The van der Waals surface area contributed by atoms with Gasteiger partial charge in [0.2, 0.25) is 0 Å². The van der Waals surface area contributed by atoms with E-state index < -0.39 is 10.8 Å². The summed E-state index contributed by atoms with van der Waals surface area (Å²) >= 11 is 0. The normalized spacial score (nSPS) is 27.9. The van der Waals surface area contributed by atoms with Crippen molar-refractivity contribution in [1.82, 2.24) is 5.32 Å². The van der Waals surface area contributed by atoms with Gasteiger partial charge in [0.1, 0.15) is 0 Å². The van der Waals surface area contributed by atoms with Crippen molar-refractivity contribution in [2.75, 3.05) is 6.54 Å². The maximum atomic E-state index is 12.9. The van der Waals surface area contributed by atoms with E-state index >= 15 is 0 Å². The highest BCUT2D eigenvalue weighted by molar-refractivity contribution is 7.87. The highest BCUT2D eigenvalue weighted by Crippen LogP contribution is 2.41. The van der Waals surface area contributed by atoms with E-state index in [2.05, 4.69) is 64.2 Å². The summed E-state index contributed by atoms with van der Waals surface area (Å²) in [6, 6.07) is 8.84. The zero-order valence-electron chi connectivity index (χ0n) is 13.3. The molecular formula is C17H27NOS. The van der Waals surface area contributed by atoms with Crippen LogP contribution in [0, 0.1) is 0 Å². The standard InChI is InChI=1S/C17H27NOS/c1-6-18-16-14-10-8-7-9-13(14)12(2)11-15(16)20(19)17(3,4)5/h7-10,12,15-16,18H,6,11H2,1-5H3. The summed E-state index contributed by atoms with van der Waals surface area (Å²) in [6.45, 7) is 11.5. The van der Waals surface area contributed by atoms with Crippen molar-refractivity contribution >= 4 is 10.8 Å². The lowest BCUT2D eigenvalue weighted by atomic mass is 9.80. The second-order valence-electron chi connectivity index (χ2n) is 6.75. The lowest BCUT2D eigenvalue weighted by Crippen LogP contribution is -2.44. The van der Waals surface area contributed by atoms with Crippen LogP contribution in [0.4, 0.5) is 0 Å². The number of hydrogen-bond acceptors (Lipinski definition) is 2. The summed E-state index contributed by atoms with van der Waals surface area (Å²) in [5.74, 6) is 0.484. The Balaban J connectivity index is 2.42. The number of benzene rings is 1. The van der Waals surface area contributed by atoms with Gasteiger partial charge in [-0.25, -0.2) is 0 Å². The largest absolute Gasteiger partial charge is 0.309 e. The Morgan fingerprint density at radius 2 is 1.85 bits per heavy atom. The quantitative estimate of drug-likeness (QED) is 0.919. The van der Waals surface area contributed by atoms with Crippen molar-refractivity contribution in [3.8, 4) is 0 Å². The summed E-state index contributed by atoms with van der Waals surface area (Å²) in [6.07, 6.45) is 0.999. The molecule has 0 aliphatic heterocycles. The molecule has 1 aliphatic carbocycles. The number of rotatable bonds is 3. The summed E-state index contributed by atoms with van der Waals surface area (Å²) < 4.78 is 12.8. The lowest BCUT2D eigenvalue weighted by molar-refractivity contribution is 0.440. The van der Waals surface area contributed by atoms with Crippen LogP contribution in [0.2, 0.25) is 0 Å². The topological polar surface area (TPSA) is 29.1 Å². The van der Waals surface area contributed by atoms with Crippen LogP contribution in [-0.2, 0) is 10.8 Å². The highest BCUT2D eigenvalue weighted by atomic mass is 32.2. The Kier molecular flexibility index (Phi) is 4.70. The lowest BCUT2D eigenvalue weighted by Gasteiger charge is -2.39. The van der Waals surface area contributed by atoms with Gasteiger partial charge in [-0.3, -0.25) is 4.21 Å². The summed E-state index contributed by atoms with van der Waals surface area (Å²) in [7, 11) is -0.846. The van der Waals surface area contributed by atoms with E-state index in [-0.39, 0.29) is 16.0 Å². The first-order valence-corrected chi connectivity index (χ1v) is 8.80. The van der Waals surface area contributed by atoms with Crippen LogP contribution in [-0.4, -0.2) is 20.8 Å². The van der Waals surface area contributed by atoms with Gasteiger partial charge >= 0.3 is 0 Å². The fraction of sp³-hybridized carbons (Fsp3) is 0.647. The second-order valence-corrected chi connectivity index (χ2v) is 9.17. The van der Waals surface area contributed by atoms with Gasteiger partial charge in [0.25, 0.3) is 0 Å². The van der Waals surface area contributed by atoms with Crippen molar-refractivity contribution < 1.29 is 4.21 Å². The summed E-state index contributed by atoms with van der Waals surface area (Å²) in [5.41, 5.74) is 2.76. The fourth-order valence-electron chi connectivity index (χ4n) is 3.18.